The Morgan fingerprint density at radius 1 is 0.727 bits per heavy atom. The highest BCUT2D eigenvalue weighted by Gasteiger charge is 2.20. The highest BCUT2D eigenvalue weighted by atomic mass is 16.2. The lowest BCUT2D eigenvalue weighted by Gasteiger charge is -2.16. The molecule has 0 bridgehead atoms. The molecule has 0 saturated heterocycles. The Labute approximate surface area is 202 Å². The summed E-state index contributed by atoms with van der Waals surface area (Å²) in [6.07, 6.45) is 21.5. The van der Waals surface area contributed by atoms with Crippen molar-refractivity contribution in [3.05, 3.63) is 0 Å². The van der Waals surface area contributed by atoms with E-state index in [1.807, 2.05) is 0 Å². The zero-order valence-corrected chi connectivity index (χ0v) is 21.5. The average Bonchev–Trinajstić information content (AvgIpc) is 2.78. The van der Waals surface area contributed by atoms with Gasteiger partial charge in [-0.05, 0) is 19.8 Å². The van der Waals surface area contributed by atoms with Crippen molar-refractivity contribution in [3.63, 3.8) is 0 Å². The normalized spacial score (nSPS) is 12.8. The molecule has 0 aliphatic carbocycles. The fourth-order valence-electron chi connectivity index (χ4n) is 3.85. The van der Waals surface area contributed by atoms with Crippen molar-refractivity contribution >= 4 is 17.7 Å². The zero-order valence-electron chi connectivity index (χ0n) is 21.5. The van der Waals surface area contributed by atoms with Crippen LogP contribution in [0.25, 0.3) is 0 Å². The van der Waals surface area contributed by atoms with Gasteiger partial charge >= 0.3 is 0 Å². The lowest BCUT2D eigenvalue weighted by atomic mass is 10.0. The summed E-state index contributed by atoms with van der Waals surface area (Å²) >= 11 is 0. The molecule has 0 aromatic heterocycles. The summed E-state index contributed by atoms with van der Waals surface area (Å²) in [5.41, 5.74) is 10.8. The molecular weight excluding hydrogens is 416 g/mol. The summed E-state index contributed by atoms with van der Waals surface area (Å²) in [5, 5.41) is 5.35. The molecule has 0 fully saturated rings. The Morgan fingerprint density at radius 3 is 1.55 bits per heavy atom. The maximum atomic E-state index is 11.9. The van der Waals surface area contributed by atoms with Crippen LogP contribution in [0.3, 0.4) is 0 Å². The number of rotatable bonds is 23. The van der Waals surface area contributed by atoms with Crippen LogP contribution in [0.2, 0.25) is 0 Å². The smallest absolute Gasteiger partial charge is 0.240 e. The second kappa shape index (κ2) is 22.2. The van der Waals surface area contributed by atoms with Crippen LogP contribution in [-0.4, -0.2) is 36.3 Å². The molecule has 0 heterocycles. The van der Waals surface area contributed by atoms with Crippen LogP contribution in [-0.2, 0) is 14.4 Å². The zero-order chi connectivity index (χ0) is 24.7. The molecule has 2 atom stereocenters. The number of nitrogens with two attached hydrogens (primary N) is 2. The Hall–Kier alpha value is -1.63. The Morgan fingerprint density at radius 2 is 1.15 bits per heavy atom. The van der Waals surface area contributed by atoms with Crippen LogP contribution in [0.1, 0.15) is 129 Å². The molecule has 194 valence electrons. The third kappa shape index (κ3) is 20.7. The number of amides is 3. The predicted molar refractivity (Wildman–Crippen MR) is 137 cm³/mol. The lowest BCUT2D eigenvalue weighted by Crippen LogP contribution is -2.49. The second-order valence-electron chi connectivity index (χ2n) is 9.44. The molecule has 0 spiro atoms. The number of nitrogens with one attached hydrogen (secondary N) is 2. The topological polar surface area (TPSA) is 127 Å². The van der Waals surface area contributed by atoms with Crippen LogP contribution < -0.4 is 22.1 Å². The molecule has 0 radical (unpaired) electrons. The van der Waals surface area contributed by atoms with Gasteiger partial charge in [-0.3, -0.25) is 14.4 Å². The first-order valence-corrected chi connectivity index (χ1v) is 13.5. The maximum Gasteiger partial charge on any atom is 0.240 e. The van der Waals surface area contributed by atoms with Crippen LogP contribution in [0, 0.1) is 0 Å². The molecule has 0 saturated carbocycles. The van der Waals surface area contributed by atoms with E-state index in [1.54, 1.807) is 0 Å². The number of hydrogen-bond acceptors (Lipinski definition) is 4. The molecule has 3 amide bonds. The van der Waals surface area contributed by atoms with E-state index in [1.165, 1.54) is 96.8 Å². The molecule has 0 aromatic rings. The van der Waals surface area contributed by atoms with E-state index >= 15 is 0 Å². The summed E-state index contributed by atoms with van der Waals surface area (Å²) in [5.74, 6) is -1.24. The minimum Gasteiger partial charge on any atom is -0.368 e. The molecule has 7 nitrogen and oxygen atoms in total. The van der Waals surface area contributed by atoms with Gasteiger partial charge in [0.05, 0.1) is 6.04 Å². The number of primary amides is 1. The first-order valence-electron chi connectivity index (χ1n) is 13.5. The standard InChI is InChI=1S/C26H52N4O3/c1-3-4-5-6-7-8-9-10-11-12-13-14-15-16-17-18-21-29-24(31)20-19-23(25(28)32)30-26(33)22(2)27/h22-23H,3-21,27H2,1-2H3,(H2,28,32)(H,29,31)(H,30,33)/t22-,23+/m0/s1. The fraction of sp³-hybridized carbons (Fsp3) is 0.885. The van der Waals surface area contributed by atoms with Gasteiger partial charge in [-0.2, -0.15) is 0 Å². The fourth-order valence-corrected chi connectivity index (χ4v) is 3.85. The molecule has 33 heavy (non-hydrogen) atoms. The molecule has 0 rings (SSSR count). The van der Waals surface area contributed by atoms with E-state index in [4.69, 9.17) is 11.5 Å². The quantitative estimate of drug-likeness (QED) is 0.165. The van der Waals surface area contributed by atoms with Gasteiger partial charge in [0.2, 0.25) is 17.7 Å². The SMILES string of the molecule is CCCCCCCCCCCCCCCCCCNC(=O)CC[C@@H](NC(=O)[C@H](C)N)C(N)=O. The van der Waals surface area contributed by atoms with Crippen molar-refractivity contribution in [2.45, 2.75) is 142 Å². The van der Waals surface area contributed by atoms with Crippen molar-refractivity contribution < 1.29 is 14.4 Å². The van der Waals surface area contributed by atoms with E-state index in [0.29, 0.717) is 6.54 Å². The Balaban J connectivity index is 3.48. The minimum absolute atomic E-state index is 0.128. The van der Waals surface area contributed by atoms with E-state index < -0.39 is 23.9 Å². The Kier molecular flexibility index (Phi) is 21.1. The average molecular weight is 469 g/mol. The highest BCUT2D eigenvalue weighted by molar-refractivity contribution is 5.89. The van der Waals surface area contributed by atoms with Gasteiger partial charge in [0.1, 0.15) is 6.04 Å². The van der Waals surface area contributed by atoms with Crippen molar-refractivity contribution in [3.8, 4) is 0 Å². The van der Waals surface area contributed by atoms with Gasteiger partial charge in [0, 0.05) is 13.0 Å². The van der Waals surface area contributed by atoms with E-state index in [9.17, 15) is 14.4 Å². The molecule has 0 aliphatic rings. The van der Waals surface area contributed by atoms with Crippen LogP contribution in [0.5, 0.6) is 0 Å². The molecule has 6 N–H and O–H groups in total. The van der Waals surface area contributed by atoms with Crippen LogP contribution in [0.15, 0.2) is 0 Å². The van der Waals surface area contributed by atoms with Gasteiger partial charge in [-0.1, -0.05) is 103 Å². The van der Waals surface area contributed by atoms with E-state index in [0.717, 1.165) is 12.8 Å². The molecule has 0 unspecified atom stereocenters. The minimum atomic E-state index is -0.871. The van der Waals surface area contributed by atoms with Gasteiger partial charge in [0.15, 0.2) is 0 Å². The Bertz CT molecular complexity index is 512. The number of unbranched alkanes of at least 4 members (excludes halogenated alkanes) is 15. The lowest BCUT2D eigenvalue weighted by molar-refractivity contribution is -0.128. The number of hydrogen-bond donors (Lipinski definition) is 4. The van der Waals surface area contributed by atoms with E-state index in [-0.39, 0.29) is 18.7 Å². The van der Waals surface area contributed by atoms with Crippen LogP contribution in [0.4, 0.5) is 0 Å². The largest absolute Gasteiger partial charge is 0.368 e. The monoisotopic (exact) mass is 468 g/mol. The number of carbonyl (C=O) groups excluding carboxylic acids is 3. The highest BCUT2D eigenvalue weighted by Crippen LogP contribution is 2.13. The molecular formula is C26H52N4O3. The van der Waals surface area contributed by atoms with Gasteiger partial charge in [-0.25, -0.2) is 0 Å². The van der Waals surface area contributed by atoms with Crippen molar-refractivity contribution in [2.75, 3.05) is 6.54 Å². The summed E-state index contributed by atoms with van der Waals surface area (Å²) in [7, 11) is 0. The summed E-state index contributed by atoms with van der Waals surface area (Å²) in [6.45, 7) is 4.44. The molecule has 0 aromatic carbocycles. The third-order valence-electron chi connectivity index (χ3n) is 6.09. The van der Waals surface area contributed by atoms with E-state index in [2.05, 4.69) is 17.6 Å². The summed E-state index contributed by atoms with van der Waals surface area (Å²) in [4.78, 5) is 35.0. The first kappa shape index (κ1) is 31.4. The molecule has 0 aliphatic heterocycles. The molecule has 7 heteroatoms. The predicted octanol–water partition coefficient (Wildman–Crippen LogP) is 4.46. The summed E-state index contributed by atoms with van der Waals surface area (Å²) < 4.78 is 0. The van der Waals surface area contributed by atoms with Gasteiger partial charge in [-0.15, -0.1) is 0 Å². The third-order valence-corrected chi connectivity index (χ3v) is 6.09. The van der Waals surface area contributed by atoms with Crippen LogP contribution >= 0.6 is 0 Å². The van der Waals surface area contributed by atoms with Gasteiger partial charge < -0.3 is 22.1 Å². The van der Waals surface area contributed by atoms with Crippen molar-refractivity contribution in [1.29, 1.82) is 0 Å². The number of carbonyl (C=O) groups is 3. The maximum absolute atomic E-state index is 11.9. The van der Waals surface area contributed by atoms with Gasteiger partial charge in [0.25, 0.3) is 0 Å². The summed E-state index contributed by atoms with van der Waals surface area (Å²) in [6, 6.07) is -1.60. The van der Waals surface area contributed by atoms with Crippen molar-refractivity contribution in [2.24, 2.45) is 11.5 Å². The van der Waals surface area contributed by atoms with Crippen molar-refractivity contribution in [1.82, 2.24) is 10.6 Å². The second-order valence-corrected chi connectivity index (χ2v) is 9.44. The first-order chi connectivity index (χ1) is 15.9.